The Morgan fingerprint density at radius 3 is 0.544 bits per heavy atom. The number of hydroxylamine groups is 8. The third-order valence-electron chi connectivity index (χ3n) is 13.1. The van der Waals surface area contributed by atoms with E-state index < -0.39 is 71.1 Å². The molecule has 0 aromatic heterocycles. The molecule has 0 aromatic rings. The van der Waals surface area contributed by atoms with Crippen LogP contribution in [-0.2, 0) is 166 Å². The van der Waals surface area contributed by atoms with Gasteiger partial charge in [-0.3, -0.25) is 38.4 Å². The van der Waals surface area contributed by atoms with Crippen molar-refractivity contribution in [1.82, 2.24) is 39.9 Å². The van der Waals surface area contributed by atoms with Gasteiger partial charge in [-0.15, -0.1) is 20.3 Å². The van der Waals surface area contributed by atoms with Crippen LogP contribution in [0.3, 0.4) is 0 Å². The SMILES string of the molecule is CC#N.CC#N.CC#N.CC#N.O=C(ON1C(=O)CCC1=O)C1CCN(C(=S)[S-])CC1.O=C(ON1C(=O)CCC1=O)C1CCN(C(=S)[S-])CC1.O=C(ON1C(=O)CCC1=O)C1CCN(C(=S)[S-])CC1.O=C(ON1C(=O)CCC1=O)C1CCN(C(=S)[S-])CC1.[Zn+2].[Zn+2]. The minimum atomic E-state index is -0.529. The fourth-order valence-corrected chi connectivity index (χ4v) is 9.94. The first-order valence-electron chi connectivity index (χ1n) is 27.0. The van der Waals surface area contributed by atoms with Gasteiger partial charge in [-0.1, -0.05) is 17.3 Å². The molecule has 0 N–H and O–H groups in total. The second-order valence-corrected chi connectivity index (χ2v) is 23.1. The van der Waals surface area contributed by atoms with E-state index in [-0.39, 0.29) is 114 Å². The van der Waals surface area contributed by atoms with Gasteiger partial charge >= 0.3 is 62.8 Å². The molecular weight excluding hydrogens is 1440 g/mol. The number of likely N-dealkylation sites (tertiary alicyclic amines) is 4. The largest absolute Gasteiger partial charge is 2.00 e. The molecule has 0 aliphatic carbocycles. The molecule has 480 valence electrons. The van der Waals surface area contributed by atoms with Gasteiger partial charge in [0.05, 0.1) is 47.9 Å². The van der Waals surface area contributed by atoms with Crippen LogP contribution >= 0.6 is 48.9 Å². The van der Waals surface area contributed by atoms with Gasteiger partial charge in [0.25, 0.3) is 47.3 Å². The predicted molar refractivity (Wildman–Crippen MR) is 331 cm³/mol. The number of hydrogen-bond acceptors (Lipinski definition) is 28. The monoisotopic (exact) mass is 1500 g/mol. The van der Waals surface area contributed by atoms with Crippen LogP contribution in [0.4, 0.5) is 0 Å². The number of carbonyl (C=O) groups excluding carboxylic acids is 12. The molecule has 8 aliphatic heterocycles. The maximum atomic E-state index is 11.9. The van der Waals surface area contributed by atoms with Crippen LogP contribution in [-0.4, -0.2) is 181 Å². The van der Waals surface area contributed by atoms with E-state index >= 15 is 0 Å². The van der Waals surface area contributed by atoms with Crippen molar-refractivity contribution in [2.45, 2.75) is 130 Å². The maximum absolute atomic E-state index is 11.9. The fourth-order valence-electron chi connectivity index (χ4n) is 8.48. The van der Waals surface area contributed by atoms with Crippen molar-refractivity contribution in [3.63, 3.8) is 0 Å². The number of rotatable bonds is 8. The number of hydrogen-bond donors (Lipinski definition) is 0. The van der Waals surface area contributed by atoms with Crippen LogP contribution in [0.5, 0.6) is 0 Å². The summed E-state index contributed by atoms with van der Waals surface area (Å²) in [6.07, 6.45) is 5.34. The van der Waals surface area contributed by atoms with Crippen molar-refractivity contribution < 1.29 is 116 Å². The zero-order valence-electron chi connectivity index (χ0n) is 49.9. The Kier molecular flexibility index (Phi) is 44.2. The van der Waals surface area contributed by atoms with E-state index in [1.807, 2.05) is 19.6 Å². The molecule has 0 unspecified atom stereocenters. The van der Waals surface area contributed by atoms with Crippen LogP contribution in [0.1, 0.15) is 130 Å². The van der Waals surface area contributed by atoms with Crippen molar-refractivity contribution in [3.8, 4) is 24.3 Å². The summed E-state index contributed by atoms with van der Waals surface area (Å²) in [7, 11) is 0. The fraction of sp³-hybridized carbons (Fsp3) is 0.615. The van der Waals surface area contributed by atoms with Gasteiger partial charge in [-0.05, 0) is 51.4 Å². The molecular formula is C52H64N12O16S8Zn2. The standard InChI is InChI=1S/4C11H14N2O4S2.4C2H3N.2Zn/c4*14-8-1-2-9(15)13(8)17-10(16)7-3-5-12(6-4-7)11(18)19;4*1-2-3;;/h4*7H,1-6H2,(H,18,19);4*1H3;;/q;;;;;;;;2*+2/p-4. The van der Waals surface area contributed by atoms with Crippen molar-refractivity contribution in [2.24, 2.45) is 23.7 Å². The number of nitriles is 4. The first-order chi connectivity index (χ1) is 41.6. The predicted octanol–water partition coefficient (Wildman–Crippen LogP) is 2.66. The normalized spacial score (nSPS) is 18.0. The van der Waals surface area contributed by atoms with E-state index in [4.69, 9.17) is 140 Å². The van der Waals surface area contributed by atoms with Gasteiger partial charge in [0.2, 0.25) is 0 Å². The zero-order valence-corrected chi connectivity index (χ0v) is 62.3. The molecule has 0 spiro atoms. The number of thiocarbonyl (C=S) groups is 4. The molecule has 0 atom stereocenters. The summed E-state index contributed by atoms with van der Waals surface area (Å²) in [6.45, 7) is 10.5. The van der Waals surface area contributed by atoms with Gasteiger partial charge in [-0.25, -0.2) is 19.2 Å². The number of piperidine rings is 4. The molecule has 8 rings (SSSR count). The molecule has 0 aromatic carbocycles. The van der Waals surface area contributed by atoms with Gasteiger partial charge in [0, 0.05) is 131 Å². The second-order valence-electron chi connectivity index (χ2n) is 19.0. The summed E-state index contributed by atoms with van der Waals surface area (Å²) < 4.78 is 1.60. The molecule has 0 bridgehead atoms. The van der Waals surface area contributed by atoms with E-state index in [2.05, 4.69) is 0 Å². The van der Waals surface area contributed by atoms with E-state index in [1.165, 1.54) is 27.7 Å². The molecule has 8 amide bonds. The molecule has 8 heterocycles. The molecule has 8 fully saturated rings. The Morgan fingerprint density at radius 2 is 0.444 bits per heavy atom. The van der Waals surface area contributed by atoms with Crippen LogP contribution < -0.4 is 0 Å². The summed E-state index contributed by atoms with van der Waals surface area (Å²) in [5.41, 5.74) is 0. The number of amides is 8. The van der Waals surface area contributed by atoms with Crippen LogP contribution in [0.15, 0.2) is 0 Å². The van der Waals surface area contributed by atoms with E-state index in [0.29, 0.717) is 141 Å². The van der Waals surface area contributed by atoms with Gasteiger partial charge in [-0.2, -0.15) is 21.0 Å². The molecule has 38 heteroatoms. The number of nitrogens with zero attached hydrogens (tertiary/aromatic N) is 12. The van der Waals surface area contributed by atoms with Crippen LogP contribution in [0.2, 0.25) is 0 Å². The topological polar surface area (TPSA) is 363 Å². The summed E-state index contributed by atoms with van der Waals surface area (Å²) >= 11 is 39.1. The molecule has 8 saturated heterocycles. The minimum absolute atomic E-state index is 0. The Labute approximate surface area is 590 Å². The maximum Gasteiger partial charge on any atom is 2.00 e. The number of carbonyl (C=O) groups is 12. The summed E-state index contributed by atoms with van der Waals surface area (Å²) in [5.74, 6) is -7.04. The third kappa shape index (κ3) is 30.0. The second kappa shape index (κ2) is 46.2. The molecule has 90 heavy (non-hydrogen) atoms. The van der Waals surface area contributed by atoms with Crippen molar-refractivity contribution in [2.75, 3.05) is 52.4 Å². The van der Waals surface area contributed by atoms with Crippen molar-refractivity contribution >= 4 is 188 Å². The van der Waals surface area contributed by atoms with Gasteiger partial charge in [0.15, 0.2) is 0 Å². The van der Waals surface area contributed by atoms with Crippen LogP contribution in [0.25, 0.3) is 0 Å². The summed E-state index contributed by atoms with van der Waals surface area (Å²) in [4.78, 5) is 165. The summed E-state index contributed by atoms with van der Waals surface area (Å²) in [6, 6.07) is 7.00. The van der Waals surface area contributed by atoms with E-state index in [1.54, 1.807) is 24.3 Å². The average Bonchev–Trinajstić information content (AvgIpc) is 4.30. The van der Waals surface area contributed by atoms with E-state index in [9.17, 15) is 57.5 Å². The van der Waals surface area contributed by atoms with Gasteiger partial charge < -0.3 is 138 Å². The average molecular weight is 1500 g/mol. The Bertz CT molecular complexity index is 2360. The molecule has 0 saturated carbocycles. The van der Waals surface area contributed by atoms with Crippen molar-refractivity contribution in [3.05, 3.63) is 0 Å². The van der Waals surface area contributed by atoms with Gasteiger partial charge in [0.1, 0.15) is 0 Å². The number of imide groups is 4. The first kappa shape index (κ1) is 86.1. The minimum Gasteiger partial charge on any atom is -0.411 e. The van der Waals surface area contributed by atoms with Crippen molar-refractivity contribution in [1.29, 1.82) is 21.0 Å². The summed E-state index contributed by atoms with van der Waals surface area (Å²) in [5, 5.41) is 31.6. The Morgan fingerprint density at radius 1 is 0.333 bits per heavy atom. The molecule has 28 nitrogen and oxygen atoms in total. The zero-order chi connectivity index (χ0) is 66.8. The third-order valence-corrected chi connectivity index (χ3v) is 15.2. The smallest absolute Gasteiger partial charge is 0.411 e. The Hall–Kier alpha value is -5.91. The first-order valence-corrected chi connectivity index (χ1v) is 30.3. The molecule has 0 radical (unpaired) electrons. The van der Waals surface area contributed by atoms with Crippen LogP contribution in [0, 0.1) is 69.0 Å². The molecule has 8 aliphatic rings. The quantitative estimate of drug-likeness (QED) is 0.146. The Balaban J connectivity index is 0. The van der Waals surface area contributed by atoms with E-state index in [0.717, 1.165) is 0 Å².